The fourth-order valence-electron chi connectivity index (χ4n) is 4.63. The first-order chi connectivity index (χ1) is 8.85. The molecule has 2 aliphatic rings. The Morgan fingerprint density at radius 2 is 1.50 bits per heavy atom. The topological polar surface area (TPSA) is 9.23 Å². The van der Waals surface area contributed by atoms with Crippen LogP contribution in [0.25, 0.3) is 0 Å². The number of rotatable bonds is 5. The average molecular weight is 252 g/mol. The van der Waals surface area contributed by atoms with E-state index in [1.54, 1.807) is 0 Å². The van der Waals surface area contributed by atoms with E-state index >= 15 is 0 Å². The number of hydrogen-bond donors (Lipinski definition) is 0. The molecule has 2 aliphatic carbocycles. The van der Waals surface area contributed by atoms with Gasteiger partial charge in [0.15, 0.2) is 0 Å². The molecule has 0 aliphatic heterocycles. The Bertz CT molecular complexity index is 212. The maximum absolute atomic E-state index is 5.32. The Morgan fingerprint density at radius 3 is 2.06 bits per heavy atom. The van der Waals surface area contributed by atoms with Crippen LogP contribution < -0.4 is 0 Å². The zero-order valence-corrected chi connectivity index (χ0v) is 12.5. The van der Waals surface area contributed by atoms with Crippen molar-refractivity contribution in [1.82, 2.24) is 0 Å². The van der Waals surface area contributed by atoms with Gasteiger partial charge in [0.25, 0.3) is 0 Å². The first-order valence-corrected chi connectivity index (χ1v) is 8.34. The molecule has 1 atom stereocenters. The Kier molecular flexibility index (Phi) is 6.01. The molecule has 0 bridgehead atoms. The molecule has 2 saturated carbocycles. The summed E-state index contributed by atoms with van der Waals surface area (Å²) in [6, 6.07) is 0. The molecule has 1 heteroatoms. The minimum Gasteiger partial charge on any atom is -0.384 e. The van der Waals surface area contributed by atoms with E-state index in [-0.39, 0.29) is 0 Å². The van der Waals surface area contributed by atoms with Gasteiger partial charge in [0.05, 0.1) is 0 Å². The van der Waals surface area contributed by atoms with Gasteiger partial charge < -0.3 is 4.74 Å². The highest BCUT2D eigenvalue weighted by Crippen LogP contribution is 2.42. The highest BCUT2D eigenvalue weighted by Gasteiger charge is 2.32. The van der Waals surface area contributed by atoms with Crippen molar-refractivity contribution in [2.45, 2.75) is 71.1 Å². The Morgan fingerprint density at radius 1 is 0.889 bits per heavy atom. The zero-order valence-electron chi connectivity index (χ0n) is 12.5. The molecule has 0 aromatic carbocycles. The monoisotopic (exact) mass is 252 g/mol. The minimum absolute atomic E-state index is 0.857. The van der Waals surface area contributed by atoms with E-state index < -0.39 is 0 Å². The molecule has 0 spiro atoms. The van der Waals surface area contributed by atoms with Crippen LogP contribution in [0, 0.1) is 23.7 Å². The maximum atomic E-state index is 5.32. The number of methoxy groups -OCH3 is 1. The Hall–Kier alpha value is -0.0400. The van der Waals surface area contributed by atoms with Crippen molar-refractivity contribution in [1.29, 1.82) is 0 Å². The maximum Gasteiger partial charge on any atom is 0.0490 e. The summed E-state index contributed by atoms with van der Waals surface area (Å²) in [5, 5.41) is 0. The Labute approximate surface area is 114 Å². The lowest BCUT2D eigenvalue weighted by Gasteiger charge is -2.39. The molecule has 1 nitrogen and oxygen atoms in total. The zero-order chi connectivity index (χ0) is 12.8. The van der Waals surface area contributed by atoms with Gasteiger partial charge in [-0.25, -0.2) is 0 Å². The number of hydrogen-bond acceptors (Lipinski definition) is 1. The average Bonchev–Trinajstić information content (AvgIpc) is 2.43. The standard InChI is InChI=1S/C17H32O/c1-3-17(15-7-5-4-6-8-15)16-11-9-14(10-12-16)13-18-2/h14-17H,3-13H2,1-2H3/t14-,16-,17?. The van der Waals surface area contributed by atoms with Gasteiger partial charge in [-0.1, -0.05) is 45.4 Å². The van der Waals surface area contributed by atoms with Gasteiger partial charge in [0.1, 0.15) is 0 Å². The van der Waals surface area contributed by atoms with Crippen LogP contribution in [0.5, 0.6) is 0 Å². The van der Waals surface area contributed by atoms with Crippen molar-refractivity contribution in [3.8, 4) is 0 Å². The SMILES string of the molecule is CCC(C1CCCCC1)[C@H]1CC[C@H](COC)CC1. The normalized spacial score (nSPS) is 32.3. The van der Waals surface area contributed by atoms with Crippen LogP contribution in [-0.4, -0.2) is 13.7 Å². The molecular formula is C17H32O. The highest BCUT2D eigenvalue weighted by atomic mass is 16.5. The first kappa shape index (κ1) is 14.4. The largest absolute Gasteiger partial charge is 0.384 e. The third-order valence-corrected chi connectivity index (χ3v) is 5.63. The predicted molar refractivity (Wildman–Crippen MR) is 77.7 cm³/mol. The molecule has 0 aromatic heterocycles. The summed E-state index contributed by atoms with van der Waals surface area (Å²) < 4.78 is 5.32. The van der Waals surface area contributed by atoms with E-state index in [4.69, 9.17) is 4.74 Å². The molecule has 0 amide bonds. The molecular weight excluding hydrogens is 220 g/mol. The summed E-state index contributed by atoms with van der Waals surface area (Å²) in [6.07, 6.45) is 14.8. The molecule has 0 saturated heterocycles. The third kappa shape index (κ3) is 3.73. The summed E-state index contributed by atoms with van der Waals surface area (Å²) in [5.74, 6) is 3.99. The Balaban J connectivity index is 1.81. The van der Waals surface area contributed by atoms with Crippen molar-refractivity contribution in [3.63, 3.8) is 0 Å². The first-order valence-electron chi connectivity index (χ1n) is 8.34. The fraction of sp³-hybridized carbons (Fsp3) is 1.00. The van der Waals surface area contributed by atoms with Crippen molar-refractivity contribution >= 4 is 0 Å². The smallest absolute Gasteiger partial charge is 0.0490 e. The van der Waals surface area contributed by atoms with Crippen LogP contribution in [-0.2, 0) is 4.74 Å². The second-order valence-corrected chi connectivity index (χ2v) is 6.71. The van der Waals surface area contributed by atoms with Crippen LogP contribution in [0.15, 0.2) is 0 Å². The van der Waals surface area contributed by atoms with Gasteiger partial charge in [0.2, 0.25) is 0 Å². The molecule has 0 radical (unpaired) electrons. The van der Waals surface area contributed by atoms with Crippen molar-refractivity contribution in [3.05, 3.63) is 0 Å². The van der Waals surface area contributed by atoms with E-state index in [9.17, 15) is 0 Å². The summed E-state index contributed by atoms with van der Waals surface area (Å²) >= 11 is 0. The lowest BCUT2D eigenvalue weighted by Crippen LogP contribution is -2.29. The van der Waals surface area contributed by atoms with Gasteiger partial charge in [-0.05, 0) is 49.4 Å². The fourth-order valence-corrected chi connectivity index (χ4v) is 4.63. The lowest BCUT2D eigenvalue weighted by molar-refractivity contribution is 0.0834. The van der Waals surface area contributed by atoms with Gasteiger partial charge in [-0.2, -0.15) is 0 Å². The molecule has 1 unspecified atom stereocenters. The summed E-state index contributed by atoms with van der Waals surface area (Å²) in [7, 11) is 1.85. The van der Waals surface area contributed by atoms with Crippen molar-refractivity contribution < 1.29 is 4.74 Å². The lowest BCUT2D eigenvalue weighted by atomic mass is 9.67. The van der Waals surface area contributed by atoms with E-state index in [2.05, 4.69) is 6.92 Å². The van der Waals surface area contributed by atoms with Gasteiger partial charge in [-0.3, -0.25) is 0 Å². The molecule has 18 heavy (non-hydrogen) atoms. The van der Waals surface area contributed by atoms with Crippen molar-refractivity contribution in [2.75, 3.05) is 13.7 Å². The van der Waals surface area contributed by atoms with E-state index in [1.807, 2.05) is 7.11 Å². The number of ether oxygens (including phenoxy) is 1. The van der Waals surface area contributed by atoms with E-state index in [0.29, 0.717) is 0 Å². The van der Waals surface area contributed by atoms with Gasteiger partial charge >= 0.3 is 0 Å². The summed E-state index contributed by atoms with van der Waals surface area (Å²) in [4.78, 5) is 0. The van der Waals surface area contributed by atoms with Crippen LogP contribution >= 0.6 is 0 Å². The van der Waals surface area contributed by atoms with Gasteiger partial charge in [0, 0.05) is 13.7 Å². The van der Waals surface area contributed by atoms with Crippen LogP contribution in [0.2, 0.25) is 0 Å². The summed E-state index contributed by atoms with van der Waals surface area (Å²) in [5.41, 5.74) is 0. The quantitative estimate of drug-likeness (QED) is 0.665. The molecule has 2 rings (SSSR count). The third-order valence-electron chi connectivity index (χ3n) is 5.63. The predicted octanol–water partition coefficient (Wildman–Crippen LogP) is 5.05. The highest BCUT2D eigenvalue weighted by molar-refractivity contribution is 4.82. The molecule has 2 fully saturated rings. The molecule has 106 valence electrons. The molecule has 0 N–H and O–H groups in total. The van der Waals surface area contributed by atoms with Crippen LogP contribution in [0.4, 0.5) is 0 Å². The second kappa shape index (κ2) is 7.53. The van der Waals surface area contributed by atoms with Crippen LogP contribution in [0.1, 0.15) is 71.1 Å². The molecule has 0 heterocycles. The minimum atomic E-state index is 0.857. The second-order valence-electron chi connectivity index (χ2n) is 6.71. The van der Waals surface area contributed by atoms with Gasteiger partial charge in [-0.15, -0.1) is 0 Å². The van der Waals surface area contributed by atoms with Crippen LogP contribution in [0.3, 0.4) is 0 Å². The molecule has 0 aromatic rings. The summed E-state index contributed by atoms with van der Waals surface area (Å²) in [6.45, 7) is 3.42. The van der Waals surface area contributed by atoms with E-state index in [0.717, 1.165) is 30.3 Å². The van der Waals surface area contributed by atoms with E-state index in [1.165, 1.54) is 64.2 Å². The van der Waals surface area contributed by atoms with Crippen molar-refractivity contribution in [2.24, 2.45) is 23.7 Å².